The Kier molecular flexibility index (Phi) is 7.00. The third-order valence-corrected chi connectivity index (χ3v) is 7.31. The Balaban J connectivity index is 2.23. The fraction of sp³-hybridized carbons (Fsp3) is 0.810. The van der Waals surface area contributed by atoms with Crippen molar-refractivity contribution >= 4 is 24.3 Å². The van der Waals surface area contributed by atoms with Gasteiger partial charge in [0.15, 0.2) is 11.3 Å². The summed E-state index contributed by atoms with van der Waals surface area (Å²) in [6.07, 6.45) is 9.80. The van der Waals surface area contributed by atoms with Crippen LogP contribution in [0.3, 0.4) is 0 Å². The highest BCUT2D eigenvalue weighted by molar-refractivity contribution is 5.40. The summed E-state index contributed by atoms with van der Waals surface area (Å²) >= 11 is 0. The van der Waals surface area contributed by atoms with Crippen LogP contribution in [0.25, 0.3) is 0 Å². The second-order valence-electron chi connectivity index (χ2n) is 9.25. The molecule has 2 fully saturated rings. The van der Waals surface area contributed by atoms with Crippen molar-refractivity contribution in [3.63, 3.8) is 0 Å². The average Bonchev–Trinajstić information content (AvgIpc) is 2.62. The molecule has 0 heterocycles. The Bertz CT molecular complexity index is 711. The summed E-state index contributed by atoms with van der Waals surface area (Å²) < 4.78 is 0. The third-order valence-electron chi connectivity index (χ3n) is 7.31. The molecule has 0 aromatic heterocycles. The Morgan fingerprint density at radius 3 is 1.24 bits per heavy atom. The number of aliphatic imine (C=N–C) groups is 4. The minimum absolute atomic E-state index is 0.0529. The van der Waals surface area contributed by atoms with Crippen molar-refractivity contribution in [1.82, 2.24) is 0 Å². The van der Waals surface area contributed by atoms with Crippen LogP contribution in [-0.2, 0) is 19.2 Å². The van der Waals surface area contributed by atoms with Crippen LogP contribution in [0.4, 0.5) is 0 Å². The van der Waals surface area contributed by atoms with E-state index in [1.54, 1.807) is 24.3 Å². The number of isocyanates is 4. The van der Waals surface area contributed by atoms with Crippen molar-refractivity contribution in [3.8, 4) is 0 Å². The van der Waals surface area contributed by atoms with Gasteiger partial charge in [0, 0.05) is 0 Å². The minimum Gasteiger partial charge on any atom is -0.211 e. The molecule has 0 aromatic rings. The highest BCUT2D eigenvalue weighted by Gasteiger charge is 2.51. The zero-order valence-electron chi connectivity index (χ0n) is 17.5. The normalized spacial score (nSPS) is 37.1. The van der Waals surface area contributed by atoms with E-state index in [1.165, 1.54) is 0 Å². The van der Waals surface area contributed by atoms with Crippen LogP contribution >= 0.6 is 0 Å². The van der Waals surface area contributed by atoms with E-state index in [0.29, 0.717) is 37.5 Å². The topological polar surface area (TPSA) is 118 Å². The standard InChI is InChI=1S/C21H28N4O4/c1-15-9-20(22-11-26,23-12-27)7-5-17(15)19(3,4)18-6-8-21(24-13-28,25-14-29)10-16(18)2/h15-18H,5-10H2,1-4H3. The molecule has 0 radical (unpaired) electrons. The van der Waals surface area contributed by atoms with Gasteiger partial charge >= 0.3 is 0 Å². The van der Waals surface area contributed by atoms with Gasteiger partial charge in [0.05, 0.1) is 0 Å². The van der Waals surface area contributed by atoms with E-state index < -0.39 is 11.3 Å². The maximum absolute atomic E-state index is 10.8. The quantitative estimate of drug-likeness (QED) is 0.500. The van der Waals surface area contributed by atoms with Crippen LogP contribution in [0, 0.1) is 29.1 Å². The predicted octanol–water partition coefficient (Wildman–Crippen LogP) is 3.62. The fourth-order valence-corrected chi connectivity index (χ4v) is 6.14. The van der Waals surface area contributed by atoms with Crippen molar-refractivity contribution < 1.29 is 19.2 Å². The summed E-state index contributed by atoms with van der Waals surface area (Å²) in [4.78, 5) is 58.7. The molecule has 2 saturated carbocycles. The van der Waals surface area contributed by atoms with Gasteiger partial charge in [0.1, 0.15) is 0 Å². The Morgan fingerprint density at radius 1 is 0.690 bits per heavy atom. The van der Waals surface area contributed by atoms with Crippen molar-refractivity contribution in [1.29, 1.82) is 0 Å². The second kappa shape index (κ2) is 8.90. The smallest absolute Gasteiger partial charge is 0.211 e. The molecule has 2 aliphatic carbocycles. The van der Waals surface area contributed by atoms with Gasteiger partial charge in [-0.3, -0.25) is 0 Å². The van der Waals surface area contributed by atoms with Crippen LogP contribution in [-0.4, -0.2) is 35.6 Å². The number of hydrogen-bond donors (Lipinski definition) is 0. The van der Waals surface area contributed by atoms with Gasteiger partial charge in [-0.2, -0.15) is 20.0 Å². The van der Waals surface area contributed by atoms with Gasteiger partial charge in [-0.25, -0.2) is 19.2 Å². The molecule has 8 nitrogen and oxygen atoms in total. The van der Waals surface area contributed by atoms with E-state index in [-0.39, 0.29) is 17.3 Å². The predicted molar refractivity (Wildman–Crippen MR) is 105 cm³/mol. The molecule has 4 atom stereocenters. The lowest BCUT2D eigenvalue weighted by molar-refractivity contribution is -0.0234. The molecule has 0 bridgehead atoms. The lowest BCUT2D eigenvalue weighted by Gasteiger charge is -2.52. The average molecular weight is 400 g/mol. The summed E-state index contributed by atoms with van der Waals surface area (Å²) in [7, 11) is 0. The van der Waals surface area contributed by atoms with Crippen LogP contribution in [0.5, 0.6) is 0 Å². The SMILES string of the molecule is CC1CC(N=C=O)(N=C=O)CCC1C(C)(C)C1CCC(N=C=O)(N=C=O)CC1C. The summed E-state index contributed by atoms with van der Waals surface area (Å²) in [6, 6.07) is 0. The summed E-state index contributed by atoms with van der Waals surface area (Å²) in [6.45, 7) is 8.69. The Labute approximate surface area is 170 Å². The number of hydrogen-bond acceptors (Lipinski definition) is 8. The molecule has 0 N–H and O–H groups in total. The zero-order chi connectivity index (χ0) is 21.7. The van der Waals surface area contributed by atoms with Crippen LogP contribution in [0.1, 0.15) is 66.2 Å². The largest absolute Gasteiger partial charge is 0.237 e. The molecule has 0 aliphatic heterocycles. The molecular formula is C21H28N4O4. The molecule has 29 heavy (non-hydrogen) atoms. The lowest BCUT2D eigenvalue weighted by atomic mass is 9.54. The van der Waals surface area contributed by atoms with E-state index in [0.717, 1.165) is 12.8 Å². The van der Waals surface area contributed by atoms with E-state index in [2.05, 4.69) is 47.7 Å². The molecule has 0 aromatic carbocycles. The van der Waals surface area contributed by atoms with Gasteiger partial charge < -0.3 is 0 Å². The highest BCUT2D eigenvalue weighted by Crippen LogP contribution is 2.55. The summed E-state index contributed by atoms with van der Waals surface area (Å²) in [5, 5.41) is 0. The molecule has 0 saturated heterocycles. The molecule has 2 aliphatic rings. The molecule has 4 unspecified atom stereocenters. The number of carbonyl (C=O) groups excluding carboxylic acids is 4. The van der Waals surface area contributed by atoms with Crippen LogP contribution in [0.2, 0.25) is 0 Å². The maximum Gasteiger partial charge on any atom is 0.237 e. The van der Waals surface area contributed by atoms with Crippen LogP contribution < -0.4 is 0 Å². The number of nitrogens with zero attached hydrogens (tertiary/aromatic N) is 4. The van der Waals surface area contributed by atoms with Gasteiger partial charge in [-0.05, 0) is 67.6 Å². The van der Waals surface area contributed by atoms with E-state index in [9.17, 15) is 19.2 Å². The second-order valence-corrected chi connectivity index (χ2v) is 9.25. The highest BCUT2D eigenvalue weighted by atomic mass is 16.1. The Hall–Kier alpha value is -2.48. The van der Waals surface area contributed by atoms with Crippen molar-refractivity contribution in [3.05, 3.63) is 0 Å². The lowest BCUT2D eigenvalue weighted by Crippen LogP contribution is -2.48. The fourth-order valence-electron chi connectivity index (χ4n) is 6.14. The van der Waals surface area contributed by atoms with E-state index in [4.69, 9.17) is 0 Å². The van der Waals surface area contributed by atoms with Crippen molar-refractivity contribution in [2.75, 3.05) is 0 Å². The first-order chi connectivity index (χ1) is 13.7. The molecule has 2 rings (SSSR count). The van der Waals surface area contributed by atoms with Crippen LogP contribution in [0.15, 0.2) is 20.0 Å². The third kappa shape index (κ3) is 4.58. The molecular weight excluding hydrogens is 372 g/mol. The molecule has 156 valence electrons. The Morgan fingerprint density at radius 2 is 1.00 bits per heavy atom. The molecule has 0 amide bonds. The van der Waals surface area contributed by atoms with Crippen molar-refractivity contribution in [2.45, 2.75) is 77.5 Å². The summed E-state index contributed by atoms with van der Waals surface area (Å²) in [5.74, 6) is 1.05. The van der Waals surface area contributed by atoms with Gasteiger partial charge in [0.2, 0.25) is 24.3 Å². The van der Waals surface area contributed by atoms with E-state index >= 15 is 0 Å². The maximum atomic E-state index is 10.8. The molecule has 8 heteroatoms. The van der Waals surface area contributed by atoms with E-state index in [1.807, 2.05) is 0 Å². The minimum atomic E-state index is -1.04. The van der Waals surface area contributed by atoms with Crippen molar-refractivity contribution in [2.24, 2.45) is 49.1 Å². The first-order valence-electron chi connectivity index (χ1n) is 10.1. The van der Waals surface area contributed by atoms with Gasteiger partial charge in [-0.15, -0.1) is 0 Å². The zero-order valence-corrected chi connectivity index (χ0v) is 17.5. The van der Waals surface area contributed by atoms with Gasteiger partial charge in [0.25, 0.3) is 0 Å². The number of rotatable bonds is 6. The first-order valence-corrected chi connectivity index (χ1v) is 10.1. The van der Waals surface area contributed by atoms with Gasteiger partial charge in [-0.1, -0.05) is 27.7 Å². The monoisotopic (exact) mass is 400 g/mol. The summed E-state index contributed by atoms with van der Waals surface area (Å²) in [5.41, 5.74) is -2.14. The first kappa shape index (κ1) is 22.8. The molecule has 0 spiro atoms.